The first-order chi connectivity index (χ1) is 13.1. The minimum Gasteiger partial charge on any atom is -0.497 e. The molecular formula is C19H17N3O4S. The Bertz CT molecular complexity index is 954. The number of hydrogen-bond donors (Lipinski definition) is 1. The van der Waals surface area contributed by atoms with Gasteiger partial charge >= 0.3 is 5.97 Å². The van der Waals surface area contributed by atoms with Crippen LogP contribution in [-0.4, -0.2) is 36.1 Å². The third kappa shape index (κ3) is 4.68. The molecule has 27 heavy (non-hydrogen) atoms. The predicted octanol–water partition coefficient (Wildman–Crippen LogP) is 3.18. The van der Waals surface area contributed by atoms with Gasteiger partial charge in [-0.3, -0.25) is 10.1 Å². The number of esters is 1. The van der Waals surface area contributed by atoms with Crippen molar-refractivity contribution in [2.75, 3.05) is 19.5 Å². The van der Waals surface area contributed by atoms with Crippen molar-refractivity contribution in [1.82, 2.24) is 9.97 Å². The molecule has 0 fully saturated rings. The summed E-state index contributed by atoms with van der Waals surface area (Å²) in [7, 11) is 2.89. The number of carbonyl (C=O) groups is 2. The molecule has 1 N–H and O–H groups in total. The van der Waals surface area contributed by atoms with E-state index < -0.39 is 11.9 Å². The molecule has 8 heteroatoms. The number of amides is 1. The molecule has 7 nitrogen and oxygen atoms in total. The molecule has 0 aliphatic carbocycles. The van der Waals surface area contributed by atoms with Crippen LogP contribution in [0, 0.1) is 0 Å². The third-order valence-corrected chi connectivity index (χ3v) is 4.60. The molecule has 0 saturated heterocycles. The molecule has 3 rings (SSSR count). The van der Waals surface area contributed by atoms with E-state index in [1.165, 1.54) is 30.6 Å². The number of thiazole rings is 1. The first-order valence-corrected chi connectivity index (χ1v) is 8.85. The zero-order valence-electron chi connectivity index (χ0n) is 14.8. The van der Waals surface area contributed by atoms with E-state index in [9.17, 15) is 9.59 Å². The van der Waals surface area contributed by atoms with Gasteiger partial charge in [0.25, 0.3) is 5.91 Å². The third-order valence-electron chi connectivity index (χ3n) is 3.69. The fourth-order valence-electron chi connectivity index (χ4n) is 2.33. The molecule has 0 saturated carbocycles. The maximum absolute atomic E-state index is 12.3. The summed E-state index contributed by atoms with van der Waals surface area (Å²) in [5, 5.41) is 3.17. The Hall–Kier alpha value is -3.26. The van der Waals surface area contributed by atoms with Crippen molar-refractivity contribution in [3.63, 3.8) is 0 Å². The Labute approximate surface area is 160 Å². The maximum Gasteiger partial charge on any atom is 0.356 e. The molecule has 3 aromatic rings. The monoisotopic (exact) mass is 383 g/mol. The van der Waals surface area contributed by atoms with Crippen molar-refractivity contribution in [2.45, 2.75) is 6.42 Å². The molecule has 1 aromatic carbocycles. The summed E-state index contributed by atoms with van der Waals surface area (Å²) in [6.45, 7) is 0. The number of rotatable bonds is 6. The second-order valence-electron chi connectivity index (χ2n) is 5.51. The number of pyridine rings is 1. The number of aromatic nitrogens is 2. The van der Waals surface area contributed by atoms with Crippen molar-refractivity contribution in [3.05, 3.63) is 70.5 Å². The average Bonchev–Trinajstić information content (AvgIpc) is 3.14. The Morgan fingerprint density at radius 3 is 2.52 bits per heavy atom. The summed E-state index contributed by atoms with van der Waals surface area (Å²) < 4.78 is 9.76. The molecule has 0 radical (unpaired) electrons. The van der Waals surface area contributed by atoms with Crippen molar-refractivity contribution in [1.29, 1.82) is 0 Å². The van der Waals surface area contributed by atoms with Gasteiger partial charge in [-0.1, -0.05) is 18.2 Å². The van der Waals surface area contributed by atoms with Crippen LogP contribution >= 0.6 is 11.3 Å². The lowest BCUT2D eigenvalue weighted by atomic mass is 10.1. The van der Waals surface area contributed by atoms with Gasteiger partial charge in [0.2, 0.25) is 0 Å². The Balaban J connectivity index is 1.66. The van der Waals surface area contributed by atoms with Crippen LogP contribution in [-0.2, 0) is 11.2 Å². The quantitative estimate of drug-likeness (QED) is 0.658. The zero-order valence-corrected chi connectivity index (χ0v) is 15.6. The van der Waals surface area contributed by atoms with Crippen LogP contribution in [0.5, 0.6) is 5.75 Å². The van der Waals surface area contributed by atoms with Crippen molar-refractivity contribution in [2.24, 2.45) is 0 Å². The first-order valence-electron chi connectivity index (χ1n) is 8.03. The smallest absolute Gasteiger partial charge is 0.356 e. The number of carbonyl (C=O) groups excluding carboxylic acids is 2. The van der Waals surface area contributed by atoms with Crippen molar-refractivity contribution in [3.8, 4) is 5.75 Å². The van der Waals surface area contributed by atoms with Gasteiger partial charge in [-0.05, 0) is 29.8 Å². The molecule has 2 heterocycles. The highest BCUT2D eigenvalue weighted by Gasteiger charge is 2.14. The van der Waals surface area contributed by atoms with E-state index in [2.05, 4.69) is 20.0 Å². The van der Waals surface area contributed by atoms with Crippen molar-refractivity contribution >= 4 is 28.3 Å². The number of hydrogen-bond acceptors (Lipinski definition) is 7. The van der Waals surface area contributed by atoms with E-state index in [-0.39, 0.29) is 11.4 Å². The lowest BCUT2D eigenvalue weighted by Crippen LogP contribution is -2.15. The standard InChI is InChI=1S/C19H17N3O4S/c1-25-13-8-6-12(7-9-13)10-14-11-20-19(27-14)22-17(23)15-4-3-5-16(21-15)18(24)26-2/h3-9,11H,10H2,1-2H3,(H,20,22,23). The summed E-state index contributed by atoms with van der Waals surface area (Å²) in [6, 6.07) is 12.4. The molecular weight excluding hydrogens is 366 g/mol. The van der Waals surface area contributed by atoms with Gasteiger partial charge in [-0.2, -0.15) is 0 Å². The molecule has 0 aliphatic rings. The van der Waals surface area contributed by atoms with E-state index in [0.29, 0.717) is 11.6 Å². The molecule has 0 unspecified atom stereocenters. The van der Waals surface area contributed by atoms with E-state index >= 15 is 0 Å². The minimum atomic E-state index is -0.597. The number of nitrogens with one attached hydrogen (secondary N) is 1. The highest BCUT2D eigenvalue weighted by atomic mass is 32.1. The van der Waals surface area contributed by atoms with Crippen LogP contribution in [0.4, 0.5) is 5.13 Å². The fraction of sp³-hybridized carbons (Fsp3) is 0.158. The van der Waals surface area contributed by atoms with E-state index in [0.717, 1.165) is 16.2 Å². The summed E-state index contributed by atoms with van der Waals surface area (Å²) in [4.78, 5) is 33.1. The molecule has 0 bridgehead atoms. The Kier molecular flexibility index (Phi) is 5.77. The molecule has 1 amide bonds. The molecule has 0 spiro atoms. The van der Waals surface area contributed by atoms with Gasteiger partial charge in [0.05, 0.1) is 14.2 Å². The highest BCUT2D eigenvalue weighted by molar-refractivity contribution is 7.15. The Morgan fingerprint density at radius 1 is 1.07 bits per heavy atom. The minimum absolute atomic E-state index is 0.0736. The first kappa shape index (κ1) is 18.5. The van der Waals surface area contributed by atoms with Crippen LogP contribution < -0.4 is 10.1 Å². The van der Waals surface area contributed by atoms with Gasteiger partial charge in [-0.25, -0.2) is 14.8 Å². The van der Waals surface area contributed by atoms with Crippen molar-refractivity contribution < 1.29 is 19.1 Å². The van der Waals surface area contributed by atoms with Gasteiger partial charge in [0, 0.05) is 17.5 Å². The second-order valence-corrected chi connectivity index (χ2v) is 6.63. The number of nitrogens with zero attached hydrogens (tertiary/aromatic N) is 2. The normalized spacial score (nSPS) is 10.3. The molecule has 2 aromatic heterocycles. The highest BCUT2D eigenvalue weighted by Crippen LogP contribution is 2.22. The van der Waals surface area contributed by atoms with Gasteiger partial charge in [0.15, 0.2) is 5.13 Å². The zero-order chi connectivity index (χ0) is 19.2. The summed E-state index contributed by atoms with van der Waals surface area (Å²) in [5.74, 6) is -0.232. The lowest BCUT2D eigenvalue weighted by molar-refractivity contribution is 0.0594. The molecule has 0 aliphatic heterocycles. The SMILES string of the molecule is COC(=O)c1cccc(C(=O)Nc2ncc(Cc3ccc(OC)cc3)s2)n1. The van der Waals surface area contributed by atoms with E-state index in [1.807, 2.05) is 24.3 Å². The van der Waals surface area contributed by atoms with Gasteiger partial charge in [-0.15, -0.1) is 11.3 Å². The second kappa shape index (κ2) is 8.41. The van der Waals surface area contributed by atoms with Gasteiger partial charge in [0.1, 0.15) is 17.1 Å². The van der Waals surface area contributed by atoms with E-state index in [1.54, 1.807) is 19.4 Å². The summed E-state index contributed by atoms with van der Waals surface area (Å²) in [5.41, 5.74) is 1.30. The van der Waals surface area contributed by atoms with Crippen LogP contribution in [0.25, 0.3) is 0 Å². The molecule has 138 valence electrons. The predicted molar refractivity (Wildman–Crippen MR) is 101 cm³/mol. The lowest BCUT2D eigenvalue weighted by Gasteiger charge is -2.03. The number of methoxy groups -OCH3 is 2. The number of anilines is 1. The van der Waals surface area contributed by atoms with Crippen LogP contribution in [0.1, 0.15) is 31.4 Å². The largest absolute Gasteiger partial charge is 0.497 e. The van der Waals surface area contributed by atoms with E-state index in [4.69, 9.17) is 4.74 Å². The Morgan fingerprint density at radius 2 is 1.81 bits per heavy atom. The molecule has 0 atom stereocenters. The number of benzene rings is 1. The fourth-order valence-corrected chi connectivity index (χ4v) is 3.17. The average molecular weight is 383 g/mol. The summed E-state index contributed by atoms with van der Waals surface area (Å²) in [6.07, 6.45) is 2.43. The van der Waals surface area contributed by atoms with Crippen LogP contribution in [0.3, 0.4) is 0 Å². The van der Waals surface area contributed by atoms with Crippen LogP contribution in [0.15, 0.2) is 48.7 Å². The topological polar surface area (TPSA) is 90.4 Å². The van der Waals surface area contributed by atoms with Crippen LogP contribution in [0.2, 0.25) is 0 Å². The van der Waals surface area contributed by atoms with Gasteiger partial charge < -0.3 is 9.47 Å². The maximum atomic E-state index is 12.3. The number of ether oxygens (including phenoxy) is 2. The summed E-state index contributed by atoms with van der Waals surface area (Å²) >= 11 is 1.38.